The molecule has 0 rings (SSSR count). The van der Waals surface area contributed by atoms with Crippen LogP contribution in [0.1, 0.15) is 45.4 Å². The molecule has 0 spiro atoms. The Bertz CT molecular complexity index is 321. The highest BCUT2D eigenvalue weighted by Crippen LogP contribution is 2.00. The molecule has 0 heterocycles. The molecule has 0 aliphatic heterocycles. The monoisotopic (exact) mass is 261 g/mol. The molecule has 0 aromatic carbocycles. The molecule has 0 aliphatic carbocycles. The maximum atomic E-state index is 10.3. The van der Waals surface area contributed by atoms with Gasteiger partial charge in [0.1, 0.15) is 0 Å². The van der Waals surface area contributed by atoms with Crippen LogP contribution in [0.3, 0.4) is 0 Å². The average Bonchev–Trinajstić information content (AvgIpc) is 2.24. The molecule has 0 aromatic heterocycles. The van der Waals surface area contributed by atoms with Crippen molar-refractivity contribution in [3.05, 3.63) is 24.3 Å². The van der Waals surface area contributed by atoms with Gasteiger partial charge in [0, 0.05) is 6.54 Å². The van der Waals surface area contributed by atoms with E-state index in [9.17, 15) is 8.42 Å². The molecule has 4 nitrogen and oxygen atoms in total. The zero-order valence-electron chi connectivity index (χ0n) is 10.4. The van der Waals surface area contributed by atoms with Gasteiger partial charge in [0.25, 0.3) is 0 Å². The van der Waals surface area contributed by atoms with Crippen molar-refractivity contribution in [1.29, 1.82) is 0 Å². The minimum absolute atomic E-state index is 0.232. The summed E-state index contributed by atoms with van der Waals surface area (Å²) >= 11 is 0. The molecular weight excluding hydrogens is 238 g/mol. The second kappa shape index (κ2) is 10.5. The van der Waals surface area contributed by atoms with Gasteiger partial charge in [0.05, 0.1) is 0 Å². The van der Waals surface area contributed by atoms with Crippen LogP contribution in [-0.4, -0.2) is 19.5 Å². The van der Waals surface area contributed by atoms with Crippen LogP contribution >= 0.6 is 0 Å². The maximum Gasteiger partial charge on any atom is 0.333 e. The first-order valence-corrected chi connectivity index (χ1v) is 7.52. The van der Waals surface area contributed by atoms with Crippen LogP contribution in [0.15, 0.2) is 24.3 Å². The van der Waals surface area contributed by atoms with Crippen LogP contribution in [-0.2, 0) is 10.3 Å². The van der Waals surface area contributed by atoms with Crippen LogP contribution in [0.5, 0.6) is 0 Å². The summed E-state index contributed by atoms with van der Waals surface area (Å²) in [5.74, 6) is 0. The Hall–Kier alpha value is -0.650. The molecule has 0 unspecified atom stereocenters. The van der Waals surface area contributed by atoms with E-state index in [1.54, 1.807) is 0 Å². The van der Waals surface area contributed by atoms with Crippen molar-refractivity contribution >= 4 is 10.3 Å². The summed E-state index contributed by atoms with van der Waals surface area (Å²) in [5, 5.41) is 0. The SMILES string of the molecule is CCCCC/C=C/C/C=C/CCNS(=O)(=O)O. The quantitative estimate of drug-likeness (QED) is 0.361. The molecule has 0 atom stereocenters. The zero-order valence-corrected chi connectivity index (χ0v) is 11.2. The first-order valence-electron chi connectivity index (χ1n) is 6.08. The molecular formula is C12H23NO3S. The number of rotatable bonds is 10. The third-order valence-corrected chi connectivity index (χ3v) is 2.74. The first-order chi connectivity index (χ1) is 8.06. The zero-order chi connectivity index (χ0) is 13.0. The summed E-state index contributed by atoms with van der Waals surface area (Å²) in [6.07, 6.45) is 14.5. The lowest BCUT2D eigenvalue weighted by Crippen LogP contribution is -2.23. The average molecular weight is 261 g/mol. The van der Waals surface area contributed by atoms with Gasteiger partial charge < -0.3 is 0 Å². The predicted octanol–water partition coefficient (Wildman–Crippen LogP) is 2.85. The van der Waals surface area contributed by atoms with Crippen LogP contribution in [0.2, 0.25) is 0 Å². The summed E-state index contributed by atoms with van der Waals surface area (Å²) in [7, 11) is -4.03. The van der Waals surface area contributed by atoms with Gasteiger partial charge in [-0.2, -0.15) is 13.1 Å². The Balaban J connectivity index is 3.36. The Morgan fingerprint density at radius 3 is 2.29 bits per heavy atom. The molecule has 100 valence electrons. The Labute approximate surface area is 105 Å². The van der Waals surface area contributed by atoms with Crippen molar-refractivity contribution in [2.45, 2.75) is 45.4 Å². The van der Waals surface area contributed by atoms with E-state index in [-0.39, 0.29) is 6.54 Å². The standard InChI is InChI=1S/C12H23NO3S/c1-2-3-4-5-6-7-8-9-10-11-12-13-17(14,15)16/h6-7,9-10,13H,2-5,8,11-12H2,1H3,(H,14,15,16)/b7-6+,10-9+. The first kappa shape index (κ1) is 16.4. The van der Waals surface area contributed by atoms with E-state index in [0.717, 1.165) is 12.8 Å². The Morgan fingerprint density at radius 2 is 1.71 bits per heavy atom. The predicted molar refractivity (Wildman–Crippen MR) is 71.2 cm³/mol. The van der Waals surface area contributed by atoms with E-state index in [2.05, 4.69) is 19.1 Å². The molecule has 0 aliphatic rings. The summed E-state index contributed by atoms with van der Waals surface area (Å²) < 4.78 is 31.0. The minimum Gasteiger partial charge on any atom is -0.273 e. The van der Waals surface area contributed by atoms with Crippen LogP contribution in [0.25, 0.3) is 0 Å². The highest BCUT2D eigenvalue weighted by atomic mass is 32.2. The Morgan fingerprint density at radius 1 is 1.06 bits per heavy atom. The normalized spacial score (nSPS) is 12.8. The van der Waals surface area contributed by atoms with Gasteiger partial charge in [-0.25, -0.2) is 0 Å². The molecule has 0 radical (unpaired) electrons. The Kier molecular flexibility index (Phi) is 10.1. The fourth-order valence-corrected chi connectivity index (χ4v) is 1.67. The number of allylic oxidation sites excluding steroid dienone is 3. The van der Waals surface area contributed by atoms with Gasteiger partial charge in [-0.15, -0.1) is 0 Å². The second-order valence-corrected chi connectivity index (χ2v) is 5.07. The third kappa shape index (κ3) is 15.4. The van der Waals surface area contributed by atoms with Gasteiger partial charge in [-0.3, -0.25) is 4.55 Å². The van der Waals surface area contributed by atoms with E-state index in [1.165, 1.54) is 19.3 Å². The molecule has 0 saturated heterocycles. The smallest absolute Gasteiger partial charge is 0.273 e. The van der Waals surface area contributed by atoms with Crippen molar-refractivity contribution in [3.63, 3.8) is 0 Å². The molecule has 0 bridgehead atoms. The van der Waals surface area contributed by atoms with E-state index < -0.39 is 10.3 Å². The lowest BCUT2D eigenvalue weighted by atomic mass is 10.2. The lowest BCUT2D eigenvalue weighted by Gasteiger charge is -1.95. The van der Waals surface area contributed by atoms with Crippen molar-refractivity contribution < 1.29 is 13.0 Å². The van der Waals surface area contributed by atoms with E-state index in [4.69, 9.17) is 4.55 Å². The number of nitrogens with one attached hydrogen (secondary N) is 1. The highest BCUT2D eigenvalue weighted by Gasteiger charge is 1.98. The molecule has 5 heteroatoms. The molecule has 0 fully saturated rings. The fraction of sp³-hybridized carbons (Fsp3) is 0.667. The summed E-state index contributed by atoms with van der Waals surface area (Å²) in [5.41, 5.74) is 0. The number of hydrogen-bond acceptors (Lipinski definition) is 2. The van der Waals surface area contributed by atoms with Gasteiger partial charge in [0.2, 0.25) is 0 Å². The van der Waals surface area contributed by atoms with Crippen LogP contribution in [0, 0.1) is 0 Å². The molecule has 17 heavy (non-hydrogen) atoms. The van der Waals surface area contributed by atoms with Gasteiger partial charge in [0.15, 0.2) is 0 Å². The molecule has 0 aromatic rings. The third-order valence-electron chi connectivity index (χ3n) is 2.18. The van der Waals surface area contributed by atoms with E-state index in [0.29, 0.717) is 6.42 Å². The highest BCUT2D eigenvalue weighted by molar-refractivity contribution is 7.83. The van der Waals surface area contributed by atoms with Crippen LogP contribution < -0.4 is 4.72 Å². The molecule has 0 saturated carbocycles. The van der Waals surface area contributed by atoms with Crippen molar-refractivity contribution in [2.75, 3.05) is 6.54 Å². The van der Waals surface area contributed by atoms with Gasteiger partial charge in [-0.05, 0) is 25.7 Å². The molecule has 0 amide bonds. The second-order valence-electron chi connectivity index (χ2n) is 3.83. The summed E-state index contributed by atoms with van der Waals surface area (Å²) in [6.45, 7) is 2.42. The van der Waals surface area contributed by atoms with Gasteiger partial charge >= 0.3 is 10.3 Å². The minimum atomic E-state index is -4.03. The van der Waals surface area contributed by atoms with Gasteiger partial charge in [-0.1, -0.05) is 44.1 Å². The van der Waals surface area contributed by atoms with Crippen molar-refractivity contribution in [2.24, 2.45) is 0 Å². The van der Waals surface area contributed by atoms with Crippen molar-refractivity contribution in [3.8, 4) is 0 Å². The fourth-order valence-electron chi connectivity index (χ4n) is 1.29. The number of unbranched alkanes of at least 4 members (excludes halogenated alkanes) is 3. The number of hydrogen-bond donors (Lipinski definition) is 2. The maximum absolute atomic E-state index is 10.3. The van der Waals surface area contributed by atoms with Crippen molar-refractivity contribution in [1.82, 2.24) is 4.72 Å². The topological polar surface area (TPSA) is 66.4 Å². The van der Waals surface area contributed by atoms with E-state index >= 15 is 0 Å². The van der Waals surface area contributed by atoms with Crippen LogP contribution in [0.4, 0.5) is 0 Å². The lowest BCUT2D eigenvalue weighted by molar-refractivity contribution is 0.468. The molecule has 2 N–H and O–H groups in total. The summed E-state index contributed by atoms with van der Waals surface area (Å²) in [4.78, 5) is 0. The largest absolute Gasteiger partial charge is 0.333 e. The van der Waals surface area contributed by atoms with E-state index in [1.807, 2.05) is 16.9 Å². The summed E-state index contributed by atoms with van der Waals surface area (Å²) in [6, 6.07) is 0.